The van der Waals surface area contributed by atoms with Crippen molar-refractivity contribution in [3.05, 3.63) is 23.6 Å². The van der Waals surface area contributed by atoms with Gasteiger partial charge in [0.1, 0.15) is 17.2 Å². The molecule has 0 aliphatic carbocycles. The highest BCUT2D eigenvalue weighted by Gasteiger charge is 2.14. The number of nitrogens with zero attached hydrogens (tertiary/aromatic N) is 1. The van der Waals surface area contributed by atoms with Crippen LogP contribution < -0.4 is 5.32 Å². The van der Waals surface area contributed by atoms with Gasteiger partial charge in [-0.05, 0) is 19.4 Å². The maximum absolute atomic E-state index is 12.9. The number of carboxylic acid groups (broad SMARTS) is 1. The third-order valence-electron chi connectivity index (χ3n) is 2.22. The van der Waals surface area contributed by atoms with Crippen molar-refractivity contribution >= 4 is 11.8 Å². The highest BCUT2D eigenvalue weighted by Crippen LogP contribution is 2.15. The van der Waals surface area contributed by atoms with Crippen LogP contribution >= 0.6 is 0 Å². The number of methoxy groups -OCH3 is 1. The van der Waals surface area contributed by atoms with E-state index < -0.39 is 11.8 Å². The predicted octanol–water partition coefficient (Wildman–Crippen LogP) is 1.76. The minimum atomic E-state index is -1.21. The van der Waals surface area contributed by atoms with Gasteiger partial charge in [0.05, 0.1) is 6.20 Å². The van der Waals surface area contributed by atoms with Gasteiger partial charge in [-0.15, -0.1) is 0 Å². The third kappa shape index (κ3) is 3.99. The van der Waals surface area contributed by atoms with Crippen LogP contribution in [0.25, 0.3) is 0 Å². The first-order valence-electron chi connectivity index (χ1n) is 5.19. The number of aromatic carboxylic acids is 1. The van der Waals surface area contributed by atoms with Gasteiger partial charge in [-0.25, -0.2) is 14.2 Å². The van der Waals surface area contributed by atoms with E-state index in [1.807, 2.05) is 6.92 Å². The molecule has 1 aromatic rings. The Kier molecular flexibility index (Phi) is 4.84. The van der Waals surface area contributed by atoms with Crippen LogP contribution in [0.15, 0.2) is 12.3 Å². The summed E-state index contributed by atoms with van der Waals surface area (Å²) in [6.07, 6.45) is 1.69. The smallest absolute Gasteiger partial charge is 0.339 e. The minimum Gasteiger partial charge on any atom is -0.478 e. The molecule has 1 rings (SSSR count). The highest BCUT2D eigenvalue weighted by molar-refractivity contribution is 5.93. The van der Waals surface area contributed by atoms with Crippen molar-refractivity contribution in [3.63, 3.8) is 0 Å². The van der Waals surface area contributed by atoms with Gasteiger partial charge >= 0.3 is 5.97 Å². The summed E-state index contributed by atoms with van der Waals surface area (Å²) in [5.74, 6) is -1.71. The summed E-state index contributed by atoms with van der Waals surface area (Å²) in [6.45, 7) is 2.42. The number of anilines is 1. The molecular formula is C11H15FN2O3. The van der Waals surface area contributed by atoms with Crippen molar-refractivity contribution in [2.24, 2.45) is 0 Å². The molecule has 0 radical (unpaired) electrons. The molecule has 0 fully saturated rings. The van der Waals surface area contributed by atoms with E-state index in [1.165, 1.54) is 0 Å². The second kappa shape index (κ2) is 6.15. The van der Waals surface area contributed by atoms with E-state index in [1.54, 1.807) is 7.11 Å². The lowest BCUT2D eigenvalue weighted by atomic mass is 10.2. The summed E-state index contributed by atoms with van der Waals surface area (Å²) in [5, 5.41) is 11.8. The van der Waals surface area contributed by atoms with Crippen LogP contribution in [-0.2, 0) is 4.74 Å². The van der Waals surface area contributed by atoms with Crippen molar-refractivity contribution in [2.45, 2.75) is 19.4 Å². The number of hydrogen-bond donors (Lipinski definition) is 2. The maximum Gasteiger partial charge on any atom is 0.339 e. The van der Waals surface area contributed by atoms with Crippen LogP contribution in [0.1, 0.15) is 23.7 Å². The monoisotopic (exact) mass is 242 g/mol. The van der Waals surface area contributed by atoms with Crippen molar-refractivity contribution in [3.8, 4) is 0 Å². The fourth-order valence-corrected chi connectivity index (χ4v) is 1.32. The molecule has 0 spiro atoms. The molecule has 5 nitrogen and oxygen atoms in total. The van der Waals surface area contributed by atoms with Crippen molar-refractivity contribution in [1.29, 1.82) is 0 Å². The Hall–Kier alpha value is -1.69. The minimum absolute atomic E-state index is 0.00832. The number of pyridine rings is 1. The van der Waals surface area contributed by atoms with Gasteiger partial charge in [0.25, 0.3) is 0 Å². The van der Waals surface area contributed by atoms with E-state index in [-0.39, 0.29) is 17.4 Å². The molecule has 0 bridgehead atoms. The topological polar surface area (TPSA) is 71.5 Å². The fourth-order valence-electron chi connectivity index (χ4n) is 1.32. The van der Waals surface area contributed by atoms with Crippen LogP contribution in [0.2, 0.25) is 0 Å². The van der Waals surface area contributed by atoms with E-state index in [0.717, 1.165) is 12.3 Å². The fraction of sp³-hybridized carbons (Fsp3) is 0.455. The van der Waals surface area contributed by atoms with E-state index in [4.69, 9.17) is 9.84 Å². The zero-order valence-electron chi connectivity index (χ0n) is 9.74. The van der Waals surface area contributed by atoms with Crippen molar-refractivity contribution in [1.82, 2.24) is 4.98 Å². The van der Waals surface area contributed by atoms with Crippen molar-refractivity contribution in [2.75, 3.05) is 19.0 Å². The summed E-state index contributed by atoms with van der Waals surface area (Å²) < 4.78 is 17.8. The molecule has 0 saturated heterocycles. The number of halogens is 1. The Bertz CT molecular complexity index is 398. The van der Waals surface area contributed by atoms with Gasteiger partial charge in [-0.3, -0.25) is 0 Å². The summed E-state index contributed by atoms with van der Waals surface area (Å²) in [6, 6.07) is 0.937. The van der Waals surface area contributed by atoms with E-state index in [2.05, 4.69) is 10.3 Å². The Balaban J connectivity index is 2.79. The lowest BCUT2D eigenvalue weighted by Gasteiger charge is -2.15. The van der Waals surface area contributed by atoms with Gasteiger partial charge in [0, 0.05) is 19.8 Å². The zero-order chi connectivity index (χ0) is 12.8. The molecule has 1 aromatic heterocycles. The van der Waals surface area contributed by atoms with Gasteiger partial charge < -0.3 is 15.2 Å². The first kappa shape index (κ1) is 13.4. The SMILES string of the molecule is COCCC(C)Nc1ncc(F)cc1C(=O)O. The molecule has 1 heterocycles. The Labute approximate surface area is 98.6 Å². The zero-order valence-corrected chi connectivity index (χ0v) is 9.74. The Morgan fingerprint density at radius 3 is 3.00 bits per heavy atom. The van der Waals surface area contributed by atoms with Gasteiger partial charge in [-0.1, -0.05) is 0 Å². The normalized spacial score (nSPS) is 12.2. The van der Waals surface area contributed by atoms with Crippen LogP contribution in [-0.4, -0.2) is 35.8 Å². The van der Waals surface area contributed by atoms with Crippen molar-refractivity contribution < 1.29 is 19.0 Å². The van der Waals surface area contributed by atoms with Gasteiger partial charge in [0.2, 0.25) is 0 Å². The number of carboxylic acids is 1. The van der Waals surface area contributed by atoms with Crippen LogP contribution in [0.5, 0.6) is 0 Å². The summed E-state index contributed by atoms with van der Waals surface area (Å²) in [7, 11) is 1.59. The number of hydrogen-bond acceptors (Lipinski definition) is 4. The second-order valence-corrected chi connectivity index (χ2v) is 3.68. The molecule has 6 heteroatoms. The molecule has 94 valence electrons. The second-order valence-electron chi connectivity index (χ2n) is 3.68. The highest BCUT2D eigenvalue weighted by atomic mass is 19.1. The molecular weight excluding hydrogens is 227 g/mol. The summed E-state index contributed by atoms with van der Waals surface area (Å²) >= 11 is 0. The first-order valence-corrected chi connectivity index (χ1v) is 5.19. The van der Waals surface area contributed by atoms with Crippen LogP contribution in [0, 0.1) is 5.82 Å². The number of carbonyl (C=O) groups is 1. The molecule has 17 heavy (non-hydrogen) atoms. The number of nitrogens with one attached hydrogen (secondary N) is 1. The molecule has 1 atom stereocenters. The molecule has 0 aromatic carbocycles. The van der Waals surface area contributed by atoms with Crippen LogP contribution in [0.3, 0.4) is 0 Å². The largest absolute Gasteiger partial charge is 0.478 e. The predicted molar refractivity (Wildman–Crippen MR) is 60.7 cm³/mol. The van der Waals surface area contributed by atoms with Gasteiger partial charge in [0.15, 0.2) is 0 Å². The average Bonchev–Trinajstić information content (AvgIpc) is 2.28. The molecule has 0 saturated carbocycles. The Morgan fingerprint density at radius 2 is 2.41 bits per heavy atom. The molecule has 0 aliphatic rings. The standard InChI is InChI=1S/C11H15FN2O3/c1-7(3-4-17-2)14-10-9(11(15)16)5-8(12)6-13-10/h5-7H,3-4H2,1-2H3,(H,13,14)(H,15,16). The van der Waals surface area contributed by atoms with E-state index >= 15 is 0 Å². The number of ether oxygens (including phenoxy) is 1. The maximum atomic E-state index is 12.9. The Morgan fingerprint density at radius 1 is 1.71 bits per heavy atom. The number of aromatic nitrogens is 1. The van der Waals surface area contributed by atoms with E-state index in [9.17, 15) is 9.18 Å². The lowest BCUT2D eigenvalue weighted by Crippen LogP contribution is -2.20. The molecule has 0 aliphatic heterocycles. The van der Waals surface area contributed by atoms with Gasteiger partial charge in [-0.2, -0.15) is 0 Å². The van der Waals surface area contributed by atoms with Crippen LogP contribution in [0.4, 0.5) is 10.2 Å². The summed E-state index contributed by atoms with van der Waals surface area (Å²) in [4.78, 5) is 14.6. The summed E-state index contributed by atoms with van der Waals surface area (Å²) in [5.41, 5.74) is -0.172. The molecule has 0 amide bonds. The van der Waals surface area contributed by atoms with E-state index in [0.29, 0.717) is 13.0 Å². The first-order chi connectivity index (χ1) is 8.04. The quantitative estimate of drug-likeness (QED) is 0.795. The molecule has 2 N–H and O–H groups in total. The molecule has 1 unspecified atom stereocenters. The lowest BCUT2D eigenvalue weighted by molar-refractivity contribution is 0.0697. The number of rotatable bonds is 6. The average molecular weight is 242 g/mol. The third-order valence-corrected chi connectivity index (χ3v) is 2.22.